The Balaban J connectivity index is 1.44. The number of ether oxygens (including phenoxy) is 1. The molecular weight excluding hydrogens is 454 g/mol. The fourth-order valence-corrected chi connectivity index (χ4v) is 4.68. The average Bonchev–Trinajstić information content (AvgIpc) is 3.45. The molecule has 36 heavy (non-hydrogen) atoms. The summed E-state index contributed by atoms with van der Waals surface area (Å²) in [4.78, 5) is 28.1. The number of hydrogen-bond acceptors (Lipinski definition) is 5. The van der Waals surface area contributed by atoms with Gasteiger partial charge < -0.3 is 26.5 Å². The number of rotatable bonds is 9. The van der Waals surface area contributed by atoms with E-state index in [1.54, 1.807) is 17.0 Å². The molecule has 1 aliphatic carbocycles. The number of carbonyl (C=O) groups is 2. The molecule has 1 saturated carbocycles. The molecule has 3 aromatic carbocycles. The van der Waals surface area contributed by atoms with E-state index >= 15 is 0 Å². The summed E-state index contributed by atoms with van der Waals surface area (Å²) in [5.41, 5.74) is 7.36. The Morgan fingerprint density at radius 1 is 1.06 bits per heavy atom. The summed E-state index contributed by atoms with van der Waals surface area (Å²) in [7, 11) is 1.82. The van der Waals surface area contributed by atoms with Crippen LogP contribution in [0.2, 0.25) is 0 Å². The molecule has 5 N–H and O–H groups in total. The summed E-state index contributed by atoms with van der Waals surface area (Å²) in [5, 5.41) is 8.54. The predicted molar refractivity (Wildman–Crippen MR) is 141 cm³/mol. The van der Waals surface area contributed by atoms with Crippen molar-refractivity contribution < 1.29 is 14.3 Å². The maximum Gasteiger partial charge on any atom is 0.258 e. The number of likely N-dealkylation sites (N-methyl/N-ethyl adjacent to an activating group) is 1. The van der Waals surface area contributed by atoms with Crippen LogP contribution in [-0.2, 0) is 16.0 Å². The van der Waals surface area contributed by atoms with Crippen molar-refractivity contribution in [2.24, 2.45) is 16.7 Å². The molecule has 188 valence electrons. The van der Waals surface area contributed by atoms with E-state index < -0.39 is 6.04 Å². The fraction of sp³-hybridized carbons (Fsp3) is 0.321. The zero-order valence-electron chi connectivity index (χ0n) is 20.5. The van der Waals surface area contributed by atoms with Crippen molar-refractivity contribution in [1.29, 1.82) is 0 Å². The van der Waals surface area contributed by atoms with Gasteiger partial charge in [-0.05, 0) is 41.3 Å². The van der Waals surface area contributed by atoms with Crippen molar-refractivity contribution in [3.8, 4) is 5.75 Å². The summed E-state index contributed by atoms with van der Waals surface area (Å²) >= 11 is 0. The van der Waals surface area contributed by atoms with Crippen molar-refractivity contribution in [3.63, 3.8) is 0 Å². The number of hydrogen-bond donors (Lipinski definition) is 3. The van der Waals surface area contributed by atoms with Gasteiger partial charge in [0.1, 0.15) is 17.6 Å². The van der Waals surface area contributed by atoms with Gasteiger partial charge >= 0.3 is 0 Å². The first-order valence-corrected chi connectivity index (χ1v) is 12.2. The van der Waals surface area contributed by atoms with Crippen LogP contribution in [0.25, 0.3) is 10.8 Å². The monoisotopic (exact) mass is 487 g/mol. The Hall–Kier alpha value is -4.07. The highest BCUT2D eigenvalue weighted by Gasteiger charge is 2.30. The van der Waals surface area contributed by atoms with Crippen molar-refractivity contribution in [2.75, 3.05) is 13.7 Å². The van der Waals surface area contributed by atoms with Gasteiger partial charge in [-0.25, -0.2) is 0 Å². The Kier molecular flexibility index (Phi) is 8.05. The maximum atomic E-state index is 13.4. The molecule has 0 aliphatic heterocycles. The Morgan fingerprint density at radius 3 is 2.44 bits per heavy atom. The van der Waals surface area contributed by atoms with Gasteiger partial charge in [-0.3, -0.25) is 9.59 Å². The number of fused-ring (bicyclic) bond motifs is 1. The number of amides is 2. The Morgan fingerprint density at radius 2 is 1.75 bits per heavy atom. The molecule has 0 bridgehead atoms. The van der Waals surface area contributed by atoms with Crippen LogP contribution >= 0.6 is 0 Å². The maximum absolute atomic E-state index is 13.4. The van der Waals surface area contributed by atoms with E-state index in [4.69, 9.17) is 16.3 Å². The van der Waals surface area contributed by atoms with Crippen LogP contribution in [0.5, 0.6) is 5.75 Å². The summed E-state index contributed by atoms with van der Waals surface area (Å²) in [6.45, 7) is -0.183. The van der Waals surface area contributed by atoms with Gasteiger partial charge in [0.25, 0.3) is 5.91 Å². The van der Waals surface area contributed by atoms with Gasteiger partial charge in [0.2, 0.25) is 5.91 Å². The zero-order valence-corrected chi connectivity index (χ0v) is 20.5. The number of nitrogens with zero attached hydrogens (tertiary/aromatic N) is 2. The topological polar surface area (TPSA) is 123 Å². The van der Waals surface area contributed by atoms with E-state index in [0.717, 1.165) is 42.0 Å². The lowest BCUT2D eigenvalue weighted by Gasteiger charge is -2.29. The number of hydrazone groups is 1. The predicted octanol–water partition coefficient (Wildman–Crippen LogP) is 2.93. The second-order valence-electron chi connectivity index (χ2n) is 9.22. The van der Waals surface area contributed by atoms with Gasteiger partial charge in [0.15, 0.2) is 6.61 Å². The van der Waals surface area contributed by atoms with Gasteiger partial charge in [-0.1, -0.05) is 67.4 Å². The lowest BCUT2D eigenvalue weighted by molar-refractivity contribution is -0.137. The molecule has 0 spiro atoms. The fourth-order valence-electron chi connectivity index (χ4n) is 4.68. The molecule has 0 saturated heterocycles. The minimum atomic E-state index is -0.713. The number of benzene rings is 3. The average molecular weight is 488 g/mol. The third kappa shape index (κ3) is 6.13. The summed E-state index contributed by atoms with van der Waals surface area (Å²) in [6, 6.07) is 20.5. The molecule has 1 atom stereocenters. The van der Waals surface area contributed by atoms with Crippen LogP contribution in [0.1, 0.15) is 36.8 Å². The highest BCUT2D eigenvalue weighted by Crippen LogP contribution is 2.23. The molecule has 1 aliphatic rings. The van der Waals surface area contributed by atoms with Gasteiger partial charge in [0.05, 0.1) is 0 Å². The number of carbonyl (C=O) groups excluding carboxylic acids is 2. The molecule has 8 nitrogen and oxygen atoms in total. The quantitative estimate of drug-likeness (QED) is 0.185. The van der Waals surface area contributed by atoms with E-state index in [1.807, 2.05) is 61.6 Å². The molecule has 2 amide bonds. The molecule has 3 aromatic rings. The minimum absolute atomic E-state index is 0.104. The lowest BCUT2D eigenvalue weighted by atomic mass is 10.0. The Labute approximate surface area is 211 Å². The molecule has 0 heterocycles. The largest absolute Gasteiger partial charge is 0.484 e. The van der Waals surface area contributed by atoms with Gasteiger partial charge in [0, 0.05) is 25.1 Å². The van der Waals surface area contributed by atoms with E-state index in [2.05, 4.69) is 10.4 Å². The van der Waals surface area contributed by atoms with Crippen LogP contribution in [0.4, 0.5) is 0 Å². The van der Waals surface area contributed by atoms with Crippen molar-refractivity contribution in [3.05, 3.63) is 77.9 Å². The van der Waals surface area contributed by atoms with Gasteiger partial charge in [-0.2, -0.15) is 5.10 Å². The first kappa shape index (κ1) is 25.0. The first-order valence-electron chi connectivity index (χ1n) is 12.2. The standard InChI is InChI=1S/C28H33N5O3/c1-33(23-8-4-5-9-23)28(35)25(16-19-10-12-21(13-11-19)27(29)32-30)31-26(34)18-36-24-15-14-20-6-2-3-7-22(20)17-24/h2-3,6-7,10-15,17,23,25H,4-5,8-9,16,18,30H2,1H3,(H2,29,32)(H,31,34)/t25-/m0/s1. The summed E-state index contributed by atoms with van der Waals surface area (Å²) in [5.74, 6) is 5.64. The second-order valence-corrected chi connectivity index (χ2v) is 9.22. The van der Waals surface area contributed by atoms with E-state index in [-0.39, 0.29) is 30.3 Å². The number of nitrogens with two attached hydrogens (primary N) is 2. The van der Waals surface area contributed by atoms with E-state index in [1.165, 1.54) is 0 Å². The third-order valence-corrected chi connectivity index (χ3v) is 6.77. The first-order chi connectivity index (χ1) is 17.4. The summed E-state index contributed by atoms with van der Waals surface area (Å²) in [6.07, 6.45) is 4.55. The molecule has 0 unspecified atom stereocenters. The number of amidine groups is 1. The Bertz CT molecular complexity index is 1240. The van der Waals surface area contributed by atoms with Crippen LogP contribution in [0, 0.1) is 0 Å². The lowest BCUT2D eigenvalue weighted by Crippen LogP contribution is -2.51. The zero-order chi connectivity index (χ0) is 25.5. The molecule has 8 heteroatoms. The van der Waals surface area contributed by atoms with Crippen LogP contribution in [-0.4, -0.2) is 48.3 Å². The van der Waals surface area contributed by atoms with Gasteiger partial charge in [-0.15, -0.1) is 0 Å². The number of nitrogens with one attached hydrogen (secondary N) is 1. The highest BCUT2D eigenvalue weighted by molar-refractivity contribution is 5.97. The van der Waals surface area contributed by atoms with Crippen LogP contribution in [0.3, 0.4) is 0 Å². The van der Waals surface area contributed by atoms with E-state index in [0.29, 0.717) is 17.7 Å². The highest BCUT2D eigenvalue weighted by atomic mass is 16.5. The normalized spacial score (nSPS) is 15.0. The molecule has 1 fully saturated rings. The molecule has 4 rings (SSSR count). The van der Waals surface area contributed by atoms with Crippen molar-refractivity contribution in [1.82, 2.24) is 10.2 Å². The molecule has 0 aromatic heterocycles. The molecular formula is C28H33N5O3. The van der Waals surface area contributed by atoms with Crippen molar-refractivity contribution in [2.45, 2.75) is 44.2 Å². The third-order valence-electron chi connectivity index (χ3n) is 6.77. The minimum Gasteiger partial charge on any atom is -0.484 e. The van der Waals surface area contributed by atoms with E-state index in [9.17, 15) is 9.59 Å². The summed E-state index contributed by atoms with van der Waals surface area (Å²) < 4.78 is 5.75. The smallest absolute Gasteiger partial charge is 0.258 e. The second kappa shape index (κ2) is 11.6. The SMILES string of the molecule is CN(C(=O)[C@H](Cc1ccc(C(N)=NN)cc1)NC(=O)COc1ccc2ccccc2c1)C1CCCC1. The molecule has 0 radical (unpaired) electrons. The van der Waals surface area contributed by atoms with Crippen LogP contribution < -0.4 is 21.6 Å². The van der Waals surface area contributed by atoms with Crippen molar-refractivity contribution >= 4 is 28.4 Å². The van der Waals surface area contributed by atoms with Crippen LogP contribution in [0.15, 0.2) is 71.8 Å².